The highest BCUT2D eigenvalue weighted by Gasteiger charge is 2.14. The van der Waals surface area contributed by atoms with Crippen molar-refractivity contribution >= 4 is 38.7 Å². The summed E-state index contributed by atoms with van der Waals surface area (Å²) < 4.78 is 16.6. The van der Waals surface area contributed by atoms with Crippen molar-refractivity contribution in [3.8, 4) is 5.69 Å². The van der Waals surface area contributed by atoms with Crippen LogP contribution in [-0.2, 0) is 6.42 Å². The minimum Gasteiger partial charge on any atom is -0.281 e. The molecule has 3 rings (SSSR count). The maximum atomic E-state index is 13.9. The van der Waals surface area contributed by atoms with Crippen LogP contribution in [0.5, 0.6) is 0 Å². The first-order valence-corrected chi connectivity index (χ1v) is 7.78. The Morgan fingerprint density at radius 1 is 1.33 bits per heavy atom. The third-order valence-corrected chi connectivity index (χ3v) is 3.89. The quantitative estimate of drug-likeness (QED) is 0.641. The molecule has 0 N–H and O–H groups in total. The number of hydrogen-bond acceptors (Lipinski definition) is 2. The number of aryl methyl sites for hydroxylation is 2. The average Bonchev–Trinajstić information content (AvgIpc) is 2.79. The summed E-state index contributed by atoms with van der Waals surface area (Å²) in [6.45, 7) is 1.74. The Bertz CT molecular complexity index is 816. The number of rotatable bonds is 3. The third kappa shape index (κ3) is 2.68. The molecule has 0 spiro atoms. The lowest BCUT2D eigenvalue weighted by molar-refractivity contribution is 0.617. The van der Waals surface area contributed by atoms with Gasteiger partial charge in [-0.05, 0) is 46.6 Å². The Balaban J connectivity index is 2.27. The molecule has 0 amide bonds. The molecule has 0 saturated heterocycles. The summed E-state index contributed by atoms with van der Waals surface area (Å²) in [5, 5.41) is 0. The predicted molar refractivity (Wildman–Crippen MR) is 85.7 cm³/mol. The molecule has 2 aromatic heterocycles. The average molecular weight is 369 g/mol. The fraction of sp³-hybridized carbons (Fsp3) is 0.200. The van der Waals surface area contributed by atoms with Gasteiger partial charge in [0.05, 0.1) is 5.69 Å². The first-order chi connectivity index (χ1) is 10.1. The number of pyridine rings is 1. The van der Waals surface area contributed by atoms with Crippen LogP contribution in [0.1, 0.15) is 11.4 Å². The second kappa shape index (κ2) is 5.73. The molecular weight excluding hydrogens is 357 g/mol. The minimum atomic E-state index is -0.247. The Kier molecular flexibility index (Phi) is 3.95. The number of aromatic nitrogens is 3. The smallest absolute Gasteiger partial charge is 0.164 e. The van der Waals surface area contributed by atoms with Crippen LogP contribution in [0, 0.1) is 12.7 Å². The highest BCUT2D eigenvalue weighted by Crippen LogP contribution is 2.24. The zero-order valence-electron chi connectivity index (χ0n) is 11.3. The zero-order chi connectivity index (χ0) is 15.0. The van der Waals surface area contributed by atoms with Crippen LogP contribution in [0.4, 0.5) is 4.39 Å². The molecule has 0 saturated carbocycles. The topological polar surface area (TPSA) is 30.7 Å². The molecule has 0 fully saturated rings. The van der Waals surface area contributed by atoms with E-state index in [2.05, 4.69) is 25.9 Å². The van der Waals surface area contributed by atoms with E-state index in [1.165, 1.54) is 6.07 Å². The van der Waals surface area contributed by atoms with Crippen molar-refractivity contribution in [3.05, 3.63) is 52.1 Å². The van der Waals surface area contributed by atoms with Gasteiger partial charge in [-0.15, -0.1) is 11.6 Å². The van der Waals surface area contributed by atoms with Gasteiger partial charge in [0.1, 0.15) is 17.2 Å². The van der Waals surface area contributed by atoms with E-state index < -0.39 is 0 Å². The van der Waals surface area contributed by atoms with Gasteiger partial charge in [0.2, 0.25) is 0 Å². The normalized spacial score (nSPS) is 11.2. The maximum absolute atomic E-state index is 13.9. The van der Waals surface area contributed by atoms with Gasteiger partial charge in [0.25, 0.3) is 0 Å². The van der Waals surface area contributed by atoms with Crippen molar-refractivity contribution in [3.63, 3.8) is 0 Å². The summed E-state index contributed by atoms with van der Waals surface area (Å²) in [6.07, 6.45) is 2.29. The number of imidazole rings is 1. The Morgan fingerprint density at radius 3 is 2.86 bits per heavy atom. The van der Waals surface area contributed by atoms with Gasteiger partial charge in [-0.25, -0.2) is 14.4 Å². The molecule has 0 bridgehead atoms. The molecule has 0 atom stereocenters. The summed E-state index contributed by atoms with van der Waals surface area (Å²) >= 11 is 9.24. The maximum Gasteiger partial charge on any atom is 0.164 e. The van der Waals surface area contributed by atoms with Gasteiger partial charge in [-0.1, -0.05) is 6.07 Å². The summed E-state index contributed by atoms with van der Waals surface area (Å²) in [7, 11) is 0. The Labute approximate surface area is 134 Å². The highest BCUT2D eigenvalue weighted by atomic mass is 79.9. The van der Waals surface area contributed by atoms with E-state index in [0.717, 1.165) is 15.8 Å². The van der Waals surface area contributed by atoms with Crippen molar-refractivity contribution < 1.29 is 4.39 Å². The van der Waals surface area contributed by atoms with Crippen LogP contribution in [0.2, 0.25) is 0 Å². The highest BCUT2D eigenvalue weighted by molar-refractivity contribution is 9.10. The molecule has 0 radical (unpaired) electrons. The van der Waals surface area contributed by atoms with Crippen LogP contribution in [0.25, 0.3) is 16.9 Å². The fourth-order valence-corrected chi connectivity index (χ4v) is 2.72. The van der Waals surface area contributed by atoms with Crippen molar-refractivity contribution in [2.24, 2.45) is 0 Å². The molecular formula is C15H12BrClFN3. The number of benzene rings is 1. The first-order valence-electron chi connectivity index (χ1n) is 6.45. The van der Waals surface area contributed by atoms with Gasteiger partial charge in [-0.3, -0.25) is 4.57 Å². The second-order valence-electron chi connectivity index (χ2n) is 4.73. The number of halogens is 3. The SMILES string of the molecule is Cc1ccc(-n2c(CCCl)nc3cc(Br)cnc32)cc1F. The minimum absolute atomic E-state index is 0.247. The number of nitrogens with zero attached hydrogens (tertiary/aromatic N) is 3. The van der Waals surface area contributed by atoms with Crippen LogP contribution in [-0.4, -0.2) is 20.4 Å². The molecule has 108 valence electrons. The lowest BCUT2D eigenvalue weighted by Crippen LogP contribution is -2.03. The molecule has 0 aliphatic rings. The number of hydrogen-bond donors (Lipinski definition) is 0. The summed E-state index contributed by atoms with van der Waals surface area (Å²) in [5.74, 6) is 0.968. The van der Waals surface area contributed by atoms with E-state index in [-0.39, 0.29) is 5.82 Å². The summed E-state index contributed by atoms with van der Waals surface area (Å²) in [6, 6.07) is 7.00. The molecule has 21 heavy (non-hydrogen) atoms. The number of alkyl halides is 1. The van der Waals surface area contributed by atoms with E-state index in [1.54, 1.807) is 19.2 Å². The standard InChI is InChI=1S/C15H12BrClFN3/c1-9-2-3-11(7-12(9)18)21-14(4-5-17)20-13-6-10(16)8-19-15(13)21/h2-3,6-8H,4-5H2,1H3. The van der Waals surface area contributed by atoms with Gasteiger partial charge in [-0.2, -0.15) is 0 Å². The van der Waals surface area contributed by atoms with Gasteiger partial charge in [0.15, 0.2) is 5.65 Å². The molecule has 3 nitrogen and oxygen atoms in total. The molecule has 0 aliphatic carbocycles. The monoisotopic (exact) mass is 367 g/mol. The van der Waals surface area contributed by atoms with Crippen molar-refractivity contribution in [1.29, 1.82) is 0 Å². The second-order valence-corrected chi connectivity index (χ2v) is 6.03. The third-order valence-electron chi connectivity index (χ3n) is 3.27. The van der Waals surface area contributed by atoms with E-state index >= 15 is 0 Å². The molecule has 0 unspecified atom stereocenters. The van der Waals surface area contributed by atoms with Crippen molar-refractivity contribution in [2.75, 3.05) is 5.88 Å². The van der Waals surface area contributed by atoms with Crippen molar-refractivity contribution in [2.45, 2.75) is 13.3 Å². The fourth-order valence-electron chi connectivity index (χ4n) is 2.23. The van der Waals surface area contributed by atoms with Crippen LogP contribution in [0.3, 0.4) is 0 Å². The lowest BCUT2D eigenvalue weighted by Gasteiger charge is -2.09. The van der Waals surface area contributed by atoms with E-state index in [1.807, 2.05) is 16.7 Å². The molecule has 3 aromatic rings. The predicted octanol–water partition coefficient (Wildman–Crippen LogP) is 4.41. The van der Waals surface area contributed by atoms with Crippen molar-refractivity contribution in [1.82, 2.24) is 14.5 Å². The van der Waals surface area contributed by atoms with E-state index in [0.29, 0.717) is 29.2 Å². The lowest BCUT2D eigenvalue weighted by atomic mass is 10.2. The van der Waals surface area contributed by atoms with Gasteiger partial charge >= 0.3 is 0 Å². The van der Waals surface area contributed by atoms with E-state index in [9.17, 15) is 4.39 Å². The van der Waals surface area contributed by atoms with Gasteiger partial charge < -0.3 is 0 Å². The first kappa shape index (κ1) is 14.5. The molecule has 1 aromatic carbocycles. The zero-order valence-corrected chi connectivity index (χ0v) is 13.6. The summed E-state index contributed by atoms with van der Waals surface area (Å²) in [4.78, 5) is 8.96. The van der Waals surface area contributed by atoms with Crippen LogP contribution in [0.15, 0.2) is 34.9 Å². The molecule has 0 aliphatic heterocycles. The summed E-state index contributed by atoms with van der Waals surface area (Å²) in [5.41, 5.74) is 2.76. The molecule has 2 heterocycles. The Morgan fingerprint density at radius 2 is 2.14 bits per heavy atom. The largest absolute Gasteiger partial charge is 0.281 e. The van der Waals surface area contributed by atoms with E-state index in [4.69, 9.17) is 11.6 Å². The van der Waals surface area contributed by atoms with Crippen LogP contribution < -0.4 is 0 Å². The van der Waals surface area contributed by atoms with Crippen LogP contribution >= 0.6 is 27.5 Å². The number of fused-ring (bicyclic) bond motifs is 1. The van der Waals surface area contributed by atoms with Gasteiger partial charge in [0, 0.05) is 23.0 Å². The Hall–Kier alpha value is -1.46. The molecule has 6 heteroatoms.